The first kappa shape index (κ1) is 16.1. The van der Waals surface area contributed by atoms with E-state index in [9.17, 15) is 14.9 Å². The van der Waals surface area contributed by atoms with Gasteiger partial charge in [0, 0.05) is 10.9 Å². The molecule has 2 rings (SSSR count). The monoisotopic (exact) mass is 383 g/mol. The summed E-state index contributed by atoms with van der Waals surface area (Å²) in [4.78, 5) is 22.7. The van der Waals surface area contributed by atoms with Gasteiger partial charge in [0.25, 0.3) is 5.91 Å². The van der Waals surface area contributed by atoms with Crippen LogP contribution in [-0.4, -0.2) is 23.7 Å². The van der Waals surface area contributed by atoms with Crippen LogP contribution in [0.5, 0.6) is 5.75 Å². The molecule has 1 heterocycles. The van der Waals surface area contributed by atoms with Gasteiger partial charge in [-0.25, -0.2) is 5.43 Å². The van der Waals surface area contributed by atoms with E-state index < -0.39 is 10.8 Å². The molecule has 0 spiro atoms. The third kappa shape index (κ3) is 4.64. The van der Waals surface area contributed by atoms with Gasteiger partial charge in [0.1, 0.15) is 0 Å². The lowest BCUT2D eigenvalue weighted by molar-refractivity contribution is -0.385. The number of para-hydroxylation sites is 2. The minimum atomic E-state index is -0.569. The summed E-state index contributed by atoms with van der Waals surface area (Å²) in [5.41, 5.74) is 2.09. The molecule has 0 saturated heterocycles. The Morgan fingerprint density at radius 2 is 2.18 bits per heavy atom. The summed E-state index contributed by atoms with van der Waals surface area (Å²) in [6, 6.07) is 9.55. The average Bonchev–Trinajstić information content (AvgIpc) is 2.91. The molecular formula is C13H10BrN3O4S. The molecule has 7 nitrogen and oxygen atoms in total. The lowest BCUT2D eigenvalue weighted by Gasteiger charge is -2.05. The lowest BCUT2D eigenvalue weighted by Crippen LogP contribution is -2.24. The molecule has 1 aromatic carbocycles. The minimum Gasteiger partial charge on any atom is -0.477 e. The SMILES string of the molecule is O=C(COc1ccccc1[N+](=O)[O-])N/N=C/c1ccc(Br)s1. The second-order valence-corrected chi connectivity index (χ2v) is 6.44. The summed E-state index contributed by atoms with van der Waals surface area (Å²) in [7, 11) is 0. The molecule has 0 aliphatic rings. The number of ether oxygens (including phenoxy) is 1. The molecule has 9 heteroatoms. The van der Waals surface area contributed by atoms with Gasteiger partial charge in [-0.1, -0.05) is 12.1 Å². The van der Waals surface area contributed by atoms with Gasteiger partial charge in [0.05, 0.1) is 14.9 Å². The third-order valence-electron chi connectivity index (χ3n) is 2.40. The van der Waals surface area contributed by atoms with Crippen molar-refractivity contribution >= 4 is 45.1 Å². The number of nitrogens with one attached hydrogen (secondary N) is 1. The first-order valence-corrected chi connectivity index (χ1v) is 7.60. The van der Waals surface area contributed by atoms with Gasteiger partial charge in [-0.2, -0.15) is 5.10 Å². The van der Waals surface area contributed by atoms with Crippen molar-refractivity contribution < 1.29 is 14.5 Å². The van der Waals surface area contributed by atoms with E-state index in [2.05, 4.69) is 26.5 Å². The van der Waals surface area contributed by atoms with Gasteiger partial charge in [-0.05, 0) is 34.1 Å². The van der Waals surface area contributed by atoms with Gasteiger partial charge in [0.15, 0.2) is 12.4 Å². The summed E-state index contributed by atoms with van der Waals surface area (Å²) in [5.74, 6) is -0.473. The van der Waals surface area contributed by atoms with Crippen molar-refractivity contribution in [3.8, 4) is 5.75 Å². The first-order valence-electron chi connectivity index (χ1n) is 5.99. The van der Waals surface area contributed by atoms with Crippen molar-refractivity contribution in [3.63, 3.8) is 0 Å². The first-order chi connectivity index (χ1) is 10.6. The Bertz CT molecular complexity index is 717. The lowest BCUT2D eigenvalue weighted by atomic mass is 10.3. The van der Waals surface area contributed by atoms with E-state index in [1.54, 1.807) is 6.07 Å². The zero-order valence-corrected chi connectivity index (χ0v) is 13.5. The van der Waals surface area contributed by atoms with Crippen LogP contribution >= 0.6 is 27.3 Å². The van der Waals surface area contributed by atoms with E-state index in [1.807, 2.05) is 12.1 Å². The van der Waals surface area contributed by atoms with Crippen LogP contribution < -0.4 is 10.2 Å². The Kier molecular flexibility index (Phi) is 5.61. The van der Waals surface area contributed by atoms with Crippen LogP contribution in [0.15, 0.2) is 45.3 Å². The number of carbonyl (C=O) groups excluding carboxylic acids is 1. The van der Waals surface area contributed by atoms with Gasteiger partial charge in [-0.3, -0.25) is 14.9 Å². The second kappa shape index (κ2) is 7.66. The molecule has 0 aliphatic heterocycles. The molecule has 0 unspecified atom stereocenters. The smallest absolute Gasteiger partial charge is 0.310 e. The summed E-state index contributed by atoms with van der Waals surface area (Å²) in [6.45, 7) is -0.365. The van der Waals surface area contributed by atoms with Crippen molar-refractivity contribution in [1.82, 2.24) is 5.43 Å². The number of thiophene rings is 1. The normalized spacial score (nSPS) is 10.6. The maximum Gasteiger partial charge on any atom is 0.310 e. The molecule has 114 valence electrons. The minimum absolute atomic E-state index is 0.0359. The highest BCUT2D eigenvalue weighted by atomic mass is 79.9. The summed E-state index contributed by atoms with van der Waals surface area (Å²) < 4.78 is 6.09. The van der Waals surface area contributed by atoms with Crippen molar-refractivity contribution in [2.75, 3.05) is 6.61 Å². The Morgan fingerprint density at radius 3 is 2.86 bits per heavy atom. The van der Waals surface area contributed by atoms with Crippen molar-refractivity contribution in [2.24, 2.45) is 5.10 Å². The van der Waals surface area contributed by atoms with Gasteiger partial charge in [0.2, 0.25) is 0 Å². The summed E-state index contributed by atoms with van der Waals surface area (Å²) >= 11 is 4.78. The van der Waals surface area contributed by atoms with Gasteiger partial charge < -0.3 is 4.74 Å². The highest BCUT2D eigenvalue weighted by molar-refractivity contribution is 9.11. The molecule has 0 atom stereocenters. The van der Waals surface area contributed by atoms with Gasteiger partial charge >= 0.3 is 5.69 Å². The number of hydrogen-bond acceptors (Lipinski definition) is 6. The van der Waals surface area contributed by atoms with E-state index in [1.165, 1.54) is 35.8 Å². The van der Waals surface area contributed by atoms with Crippen LogP contribution in [0, 0.1) is 10.1 Å². The molecule has 0 saturated carbocycles. The number of benzene rings is 1. The fourth-order valence-electron chi connectivity index (χ4n) is 1.47. The molecule has 0 aliphatic carbocycles. The maximum atomic E-state index is 11.6. The Labute approximate surface area is 137 Å². The number of nitro benzene ring substituents is 1. The highest BCUT2D eigenvalue weighted by Crippen LogP contribution is 2.25. The molecule has 1 amide bonds. The third-order valence-corrected chi connectivity index (χ3v) is 3.95. The van der Waals surface area contributed by atoms with Crippen LogP contribution in [0.3, 0.4) is 0 Å². The summed E-state index contributed by atoms with van der Waals surface area (Å²) in [6.07, 6.45) is 1.50. The number of hydrogen-bond donors (Lipinski definition) is 1. The standard InChI is InChI=1S/C13H10BrN3O4S/c14-12-6-5-9(22-12)7-15-16-13(18)8-21-11-4-2-1-3-10(11)17(19)20/h1-7H,8H2,(H,16,18)/b15-7+. The molecule has 2 aromatic rings. The predicted molar refractivity (Wildman–Crippen MR) is 86.3 cm³/mol. The molecule has 0 fully saturated rings. The van der Waals surface area contributed by atoms with Crippen LogP contribution in [0.2, 0.25) is 0 Å². The zero-order chi connectivity index (χ0) is 15.9. The largest absolute Gasteiger partial charge is 0.477 e. The van der Waals surface area contributed by atoms with Crippen molar-refractivity contribution in [1.29, 1.82) is 0 Å². The Hall–Kier alpha value is -2.26. The zero-order valence-electron chi connectivity index (χ0n) is 11.1. The Balaban J connectivity index is 1.85. The average molecular weight is 384 g/mol. The molecular weight excluding hydrogens is 374 g/mol. The fourth-order valence-corrected chi connectivity index (χ4v) is 2.77. The van der Waals surface area contributed by atoms with Crippen molar-refractivity contribution in [2.45, 2.75) is 0 Å². The van der Waals surface area contributed by atoms with E-state index >= 15 is 0 Å². The molecule has 0 bridgehead atoms. The fraction of sp³-hybridized carbons (Fsp3) is 0.0769. The molecule has 22 heavy (non-hydrogen) atoms. The predicted octanol–water partition coefficient (Wildman–Crippen LogP) is 2.95. The molecule has 0 radical (unpaired) electrons. The molecule has 1 aromatic heterocycles. The van der Waals surface area contributed by atoms with Gasteiger partial charge in [-0.15, -0.1) is 11.3 Å². The van der Waals surface area contributed by atoms with Crippen LogP contribution in [-0.2, 0) is 4.79 Å². The van der Waals surface area contributed by atoms with Crippen LogP contribution in [0.4, 0.5) is 5.69 Å². The van der Waals surface area contributed by atoms with Crippen molar-refractivity contribution in [3.05, 3.63) is 55.2 Å². The number of nitrogens with zero attached hydrogens (tertiary/aromatic N) is 2. The number of amides is 1. The van der Waals surface area contributed by atoms with Crippen LogP contribution in [0.25, 0.3) is 0 Å². The van der Waals surface area contributed by atoms with Crippen LogP contribution in [0.1, 0.15) is 4.88 Å². The second-order valence-electron chi connectivity index (χ2n) is 3.95. The topological polar surface area (TPSA) is 93.8 Å². The van der Waals surface area contributed by atoms with E-state index in [-0.39, 0.29) is 18.0 Å². The Morgan fingerprint density at radius 1 is 1.41 bits per heavy atom. The quantitative estimate of drug-likeness (QED) is 0.471. The molecule has 1 N–H and O–H groups in total. The van der Waals surface area contributed by atoms with E-state index in [4.69, 9.17) is 4.74 Å². The highest BCUT2D eigenvalue weighted by Gasteiger charge is 2.14. The van der Waals surface area contributed by atoms with E-state index in [0.717, 1.165) is 8.66 Å². The number of carbonyl (C=O) groups is 1. The number of hydrazone groups is 1. The number of nitro groups is 1. The number of halogens is 1. The van der Waals surface area contributed by atoms with E-state index in [0.29, 0.717) is 0 Å². The number of rotatable bonds is 6. The maximum absolute atomic E-state index is 11.6. The summed E-state index contributed by atoms with van der Waals surface area (Å²) in [5, 5.41) is 14.6.